The second-order valence-corrected chi connectivity index (χ2v) is 6.63. The van der Waals surface area contributed by atoms with Gasteiger partial charge in [-0.3, -0.25) is 19.6 Å². The molecular formula is C23H13N3O4. The van der Waals surface area contributed by atoms with Crippen LogP contribution < -0.4 is 9.64 Å². The number of anilines is 1. The Morgan fingerprint density at radius 3 is 2.07 bits per heavy atom. The molecule has 0 radical (unpaired) electrons. The average Bonchev–Trinajstić information content (AvgIpc) is 3.04. The number of ether oxygens (including phenoxy) is 1. The molecule has 0 bridgehead atoms. The molecule has 0 N–H and O–H groups in total. The summed E-state index contributed by atoms with van der Waals surface area (Å²) in [4.78, 5) is 47.1. The molecule has 7 nitrogen and oxygen atoms in total. The van der Waals surface area contributed by atoms with Crippen LogP contribution in [-0.2, 0) is 0 Å². The number of fused-ring (bicyclic) bond motifs is 2. The first kappa shape index (κ1) is 17.7. The molecule has 4 aromatic rings. The van der Waals surface area contributed by atoms with E-state index >= 15 is 0 Å². The van der Waals surface area contributed by atoms with Crippen LogP contribution in [0.15, 0.2) is 79.1 Å². The van der Waals surface area contributed by atoms with E-state index in [1.54, 1.807) is 67.0 Å². The molecule has 1 aromatic heterocycles. The Morgan fingerprint density at radius 2 is 1.40 bits per heavy atom. The monoisotopic (exact) mass is 395 g/mol. The molecule has 144 valence electrons. The lowest BCUT2D eigenvalue weighted by Gasteiger charge is -2.14. The van der Waals surface area contributed by atoms with Crippen molar-refractivity contribution in [3.63, 3.8) is 0 Å². The number of carbonyl (C=O) groups is 3. The number of amides is 2. The number of hydrogen-bond donors (Lipinski definition) is 0. The summed E-state index contributed by atoms with van der Waals surface area (Å²) in [7, 11) is 0. The minimum absolute atomic E-state index is 0.287. The number of nitrogens with zero attached hydrogens (tertiary/aromatic N) is 3. The van der Waals surface area contributed by atoms with Gasteiger partial charge in [-0.25, -0.2) is 9.69 Å². The Labute approximate surface area is 170 Å². The van der Waals surface area contributed by atoms with Gasteiger partial charge in [0, 0.05) is 18.5 Å². The zero-order chi connectivity index (χ0) is 20.7. The molecule has 1 aliphatic rings. The SMILES string of the molecule is O=C(Oc1ccc2nccnc2c1)c1ccc(N2C(=O)c3ccccc3C2=O)cc1. The molecule has 0 atom stereocenters. The third-order valence-corrected chi connectivity index (χ3v) is 4.81. The van der Waals surface area contributed by atoms with Gasteiger partial charge in [-0.2, -0.15) is 0 Å². The van der Waals surface area contributed by atoms with E-state index < -0.39 is 5.97 Å². The quantitative estimate of drug-likeness (QED) is 0.299. The fourth-order valence-corrected chi connectivity index (χ4v) is 3.34. The van der Waals surface area contributed by atoms with Crippen LogP contribution in [-0.4, -0.2) is 27.8 Å². The summed E-state index contributed by atoms with van der Waals surface area (Å²) in [6.45, 7) is 0. The predicted octanol–water partition coefficient (Wildman–Crippen LogP) is 3.65. The highest BCUT2D eigenvalue weighted by Crippen LogP contribution is 2.28. The molecule has 7 heteroatoms. The fraction of sp³-hybridized carbons (Fsp3) is 0. The summed E-state index contributed by atoms with van der Waals surface area (Å²) in [5, 5.41) is 0. The van der Waals surface area contributed by atoms with E-state index in [2.05, 4.69) is 9.97 Å². The summed E-state index contributed by atoms with van der Waals surface area (Å²) in [6, 6.07) is 17.8. The second kappa shape index (κ2) is 6.89. The summed E-state index contributed by atoms with van der Waals surface area (Å²) >= 11 is 0. The van der Waals surface area contributed by atoms with Gasteiger partial charge in [0.25, 0.3) is 11.8 Å². The van der Waals surface area contributed by atoms with Crippen molar-refractivity contribution in [1.82, 2.24) is 9.97 Å². The third kappa shape index (κ3) is 2.89. The Balaban J connectivity index is 1.36. The molecular weight excluding hydrogens is 382 g/mol. The molecule has 0 saturated carbocycles. The highest BCUT2D eigenvalue weighted by molar-refractivity contribution is 6.34. The number of benzene rings is 3. The third-order valence-electron chi connectivity index (χ3n) is 4.81. The second-order valence-electron chi connectivity index (χ2n) is 6.63. The Hall–Kier alpha value is -4.39. The van der Waals surface area contributed by atoms with Crippen molar-refractivity contribution in [1.29, 1.82) is 0 Å². The lowest BCUT2D eigenvalue weighted by molar-refractivity contribution is 0.0734. The molecule has 0 unspecified atom stereocenters. The zero-order valence-electron chi connectivity index (χ0n) is 15.5. The van der Waals surface area contributed by atoms with Crippen LogP contribution in [0.3, 0.4) is 0 Å². The summed E-state index contributed by atoms with van der Waals surface area (Å²) in [5.41, 5.74) is 2.72. The van der Waals surface area contributed by atoms with Gasteiger partial charge in [0.05, 0.1) is 33.4 Å². The van der Waals surface area contributed by atoms with Crippen LogP contribution in [0.2, 0.25) is 0 Å². The fourth-order valence-electron chi connectivity index (χ4n) is 3.34. The molecule has 0 aliphatic carbocycles. The largest absolute Gasteiger partial charge is 0.423 e. The van der Waals surface area contributed by atoms with E-state index in [4.69, 9.17) is 4.74 Å². The number of rotatable bonds is 3. The lowest BCUT2D eigenvalue weighted by atomic mass is 10.1. The zero-order valence-corrected chi connectivity index (χ0v) is 15.5. The van der Waals surface area contributed by atoms with Crippen molar-refractivity contribution in [2.45, 2.75) is 0 Å². The van der Waals surface area contributed by atoms with Crippen molar-refractivity contribution < 1.29 is 19.1 Å². The summed E-state index contributed by atoms with van der Waals surface area (Å²) in [5.74, 6) is -0.990. The van der Waals surface area contributed by atoms with Crippen molar-refractivity contribution in [2.24, 2.45) is 0 Å². The topological polar surface area (TPSA) is 89.5 Å². The Bertz CT molecular complexity index is 1300. The number of carbonyl (C=O) groups excluding carboxylic acids is 3. The van der Waals surface area contributed by atoms with Gasteiger partial charge < -0.3 is 4.74 Å². The first-order valence-electron chi connectivity index (χ1n) is 9.13. The molecule has 2 heterocycles. The van der Waals surface area contributed by atoms with Crippen LogP contribution in [0.5, 0.6) is 5.75 Å². The van der Waals surface area contributed by atoms with Crippen molar-refractivity contribution >= 4 is 34.5 Å². The first-order chi connectivity index (χ1) is 14.6. The van der Waals surface area contributed by atoms with Crippen molar-refractivity contribution in [3.8, 4) is 5.75 Å². The number of aromatic nitrogens is 2. The van der Waals surface area contributed by atoms with E-state index in [1.807, 2.05) is 0 Å². The van der Waals surface area contributed by atoms with Crippen LogP contribution in [0.1, 0.15) is 31.1 Å². The van der Waals surface area contributed by atoms with Gasteiger partial charge in [-0.1, -0.05) is 12.1 Å². The van der Waals surface area contributed by atoms with Crippen LogP contribution in [0.4, 0.5) is 5.69 Å². The van der Waals surface area contributed by atoms with Crippen LogP contribution in [0, 0.1) is 0 Å². The number of hydrogen-bond acceptors (Lipinski definition) is 6. The van der Waals surface area contributed by atoms with Gasteiger partial charge >= 0.3 is 5.97 Å². The number of imide groups is 1. The average molecular weight is 395 g/mol. The molecule has 3 aromatic carbocycles. The van der Waals surface area contributed by atoms with E-state index in [0.29, 0.717) is 33.6 Å². The maximum absolute atomic E-state index is 12.6. The minimum Gasteiger partial charge on any atom is -0.423 e. The highest BCUT2D eigenvalue weighted by atomic mass is 16.5. The van der Waals surface area contributed by atoms with Gasteiger partial charge in [0.1, 0.15) is 5.75 Å². The van der Waals surface area contributed by atoms with Crippen LogP contribution >= 0.6 is 0 Å². The van der Waals surface area contributed by atoms with Gasteiger partial charge in [-0.15, -0.1) is 0 Å². The van der Waals surface area contributed by atoms with Gasteiger partial charge in [0.2, 0.25) is 0 Å². The normalized spacial score (nSPS) is 12.9. The summed E-state index contributed by atoms with van der Waals surface area (Å²) < 4.78 is 5.41. The van der Waals surface area contributed by atoms with E-state index in [0.717, 1.165) is 4.90 Å². The minimum atomic E-state index is -0.563. The number of esters is 1. The van der Waals surface area contributed by atoms with E-state index in [9.17, 15) is 14.4 Å². The van der Waals surface area contributed by atoms with Crippen molar-refractivity contribution in [3.05, 3.63) is 95.8 Å². The molecule has 5 rings (SSSR count). The highest BCUT2D eigenvalue weighted by Gasteiger charge is 2.36. The molecule has 0 saturated heterocycles. The van der Waals surface area contributed by atoms with Crippen molar-refractivity contribution in [2.75, 3.05) is 4.90 Å². The van der Waals surface area contributed by atoms with Gasteiger partial charge in [-0.05, 0) is 48.5 Å². The molecule has 1 aliphatic heterocycles. The molecule has 0 fully saturated rings. The molecule has 2 amide bonds. The lowest BCUT2D eigenvalue weighted by Crippen LogP contribution is -2.29. The smallest absolute Gasteiger partial charge is 0.343 e. The predicted molar refractivity (Wildman–Crippen MR) is 109 cm³/mol. The van der Waals surface area contributed by atoms with E-state index in [1.165, 1.54) is 12.1 Å². The Morgan fingerprint density at radius 1 is 0.767 bits per heavy atom. The van der Waals surface area contributed by atoms with E-state index in [-0.39, 0.29) is 17.4 Å². The maximum atomic E-state index is 12.6. The summed E-state index contributed by atoms with van der Waals surface area (Å²) in [6.07, 6.45) is 3.15. The molecule has 0 spiro atoms. The Kier molecular flexibility index (Phi) is 4.07. The van der Waals surface area contributed by atoms with Gasteiger partial charge in [0.15, 0.2) is 0 Å². The first-order valence-corrected chi connectivity index (χ1v) is 9.13. The maximum Gasteiger partial charge on any atom is 0.343 e. The van der Waals surface area contributed by atoms with Crippen LogP contribution in [0.25, 0.3) is 11.0 Å². The standard InChI is InChI=1S/C23H13N3O4/c27-21-17-3-1-2-4-18(17)22(28)26(21)15-7-5-14(6-8-15)23(29)30-16-9-10-19-20(13-16)25-12-11-24-19/h1-13H. The molecule has 30 heavy (non-hydrogen) atoms.